The van der Waals surface area contributed by atoms with Crippen molar-refractivity contribution in [3.05, 3.63) is 24.8 Å². The quantitative estimate of drug-likeness (QED) is 0.489. The Morgan fingerprint density at radius 2 is 2.44 bits per heavy atom. The van der Waals surface area contributed by atoms with E-state index in [4.69, 9.17) is 0 Å². The van der Waals surface area contributed by atoms with Crippen molar-refractivity contribution in [1.82, 2.24) is 9.36 Å². The summed E-state index contributed by atoms with van der Waals surface area (Å²) < 4.78 is 5.92. The first kappa shape index (κ1) is 4.81. The van der Waals surface area contributed by atoms with Crippen LogP contribution in [0.3, 0.4) is 0 Å². The average molecular weight is 138 g/mol. The molecule has 2 rings (SSSR count). The van der Waals surface area contributed by atoms with E-state index in [1.165, 1.54) is 11.7 Å². The Kier molecular flexibility index (Phi) is 0.927. The van der Waals surface area contributed by atoms with Crippen LogP contribution in [-0.2, 0) is 0 Å². The standard InChI is InChI=1S/C5H4N3S/c1-2-8-5(3-6-1)4-7-9-8/h1-4H/q+1. The van der Waals surface area contributed by atoms with Gasteiger partial charge in [0.2, 0.25) is 11.7 Å². The molecule has 3 nitrogen and oxygen atoms in total. The normalized spacial score (nSPS) is 10.2. The fourth-order valence-electron chi connectivity index (χ4n) is 0.654. The van der Waals surface area contributed by atoms with E-state index in [-0.39, 0.29) is 0 Å². The van der Waals surface area contributed by atoms with Gasteiger partial charge in [-0.05, 0) is 0 Å². The second-order valence-corrected chi connectivity index (χ2v) is 2.41. The smallest absolute Gasteiger partial charge is 0.256 e. The van der Waals surface area contributed by atoms with Crippen molar-refractivity contribution in [2.75, 3.05) is 0 Å². The molecule has 44 valence electrons. The summed E-state index contributed by atoms with van der Waals surface area (Å²) in [6.07, 6.45) is 7.19. The van der Waals surface area contributed by atoms with Gasteiger partial charge < -0.3 is 0 Å². The number of hydrogen-bond acceptors (Lipinski definition) is 3. The molecule has 0 aliphatic rings. The predicted octanol–water partition coefficient (Wildman–Crippen LogP) is 0.277. The van der Waals surface area contributed by atoms with Gasteiger partial charge in [0.05, 0.1) is 12.4 Å². The molecule has 0 fully saturated rings. The third-order valence-corrected chi connectivity index (χ3v) is 1.78. The number of rotatable bonds is 0. The summed E-state index contributed by atoms with van der Waals surface area (Å²) in [7, 11) is 0. The van der Waals surface area contributed by atoms with Gasteiger partial charge in [0.25, 0.3) is 11.7 Å². The first-order valence-electron chi connectivity index (χ1n) is 2.53. The number of aromatic nitrogens is 3. The van der Waals surface area contributed by atoms with Crippen LogP contribution in [0.2, 0.25) is 0 Å². The second kappa shape index (κ2) is 1.73. The molecule has 0 radical (unpaired) electrons. The van der Waals surface area contributed by atoms with Crippen molar-refractivity contribution in [2.45, 2.75) is 0 Å². The molecule has 2 heterocycles. The van der Waals surface area contributed by atoms with E-state index in [1.807, 2.05) is 9.99 Å². The van der Waals surface area contributed by atoms with Gasteiger partial charge in [0, 0.05) is 4.37 Å². The van der Waals surface area contributed by atoms with Crippen LogP contribution in [0.25, 0.3) is 5.52 Å². The van der Waals surface area contributed by atoms with Crippen LogP contribution in [-0.4, -0.2) is 9.36 Å². The Balaban J connectivity index is 2.95. The Labute approximate surface area is 55.9 Å². The first-order chi connectivity index (χ1) is 4.47. The Morgan fingerprint density at radius 3 is 3.33 bits per heavy atom. The van der Waals surface area contributed by atoms with Gasteiger partial charge in [-0.3, -0.25) is 4.98 Å². The van der Waals surface area contributed by atoms with Crippen LogP contribution < -0.4 is 3.79 Å². The van der Waals surface area contributed by atoms with E-state index in [0.717, 1.165) is 5.52 Å². The minimum atomic E-state index is 1.04. The second-order valence-electron chi connectivity index (χ2n) is 1.64. The lowest BCUT2D eigenvalue weighted by Gasteiger charge is -1.76. The minimum Gasteiger partial charge on any atom is -0.256 e. The summed E-state index contributed by atoms with van der Waals surface area (Å²) in [6.45, 7) is 0. The molecule has 0 spiro atoms. The van der Waals surface area contributed by atoms with Gasteiger partial charge in [0.15, 0.2) is 0 Å². The van der Waals surface area contributed by atoms with Gasteiger partial charge in [-0.15, -0.1) is 3.79 Å². The van der Waals surface area contributed by atoms with E-state index >= 15 is 0 Å². The van der Waals surface area contributed by atoms with Crippen molar-refractivity contribution in [3.8, 4) is 0 Å². The maximum Gasteiger partial charge on any atom is 0.282 e. The predicted molar refractivity (Wildman–Crippen MR) is 33.1 cm³/mol. The van der Waals surface area contributed by atoms with Gasteiger partial charge in [-0.1, -0.05) is 0 Å². The minimum absolute atomic E-state index is 1.04. The van der Waals surface area contributed by atoms with E-state index < -0.39 is 0 Å². The largest absolute Gasteiger partial charge is 0.282 e. The Hall–Kier alpha value is -1.03. The molecule has 0 aliphatic carbocycles. The lowest BCUT2D eigenvalue weighted by molar-refractivity contribution is -0.433. The number of nitrogens with zero attached hydrogens (tertiary/aromatic N) is 3. The van der Waals surface area contributed by atoms with Gasteiger partial charge in [-0.25, -0.2) is 0 Å². The van der Waals surface area contributed by atoms with Crippen molar-refractivity contribution in [3.63, 3.8) is 0 Å². The van der Waals surface area contributed by atoms with Gasteiger partial charge >= 0.3 is 0 Å². The highest BCUT2D eigenvalue weighted by Crippen LogP contribution is 1.90. The molecule has 4 heteroatoms. The molecule has 2 aromatic heterocycles. The van der Waals surface area contributed by atoms with Crippen molar-refractivity contribution in [1.29, 1.82) is 0 Å². The molecule has 0 amide bonds. The summed E-state index contributed by atoms with van der Waals surface area (Å²) in [5.74, 6) is 0. The molecular formula is C5H4N3S+. The Bertz CT molecular complexity index is 286. The molecule has 0 saturated heterocycles. The molecule has 9 heavy (non-hydrogen) atoms. The summed E-state index contributed by atoms with van der Waals surface area (Å²) in [5.41, 5.74) is 1.04. The lowest BCUT2D eigenvalue weighted by atomic mass is 10.6. The molecule has 2 aromatic rings. The lowest BCUT2D eigenvalue weighted by Crippen LogP contribution is -2.12. The zero-order chi connectivity index (χ0) is 6.10. The molecular weight excluding hydrogens is 134 g/mol. The van der Waals surface area contributed by atoms with E-state index in [1.54, 1.807) is 18.6 Å². The third kappa shape index (κ3) is 0.675. The number of fused-ring (bicyclic) bond motifs is 1. The molecule has 0 aliphatic heterocycles. The molecule has 0 atom stereocenters. The summed E-state index contributed by atoms with van der Waals surface area (Å²) in [6, 6.07) is 0. The van der Waals surface area contributed by atoms with Crippen molar-refractivity contribution in [2.24, 2.45) is 0 Å². The summed E-state index contributed by atoms with van der Waals surface area (Å²) in [5, 5.41) is 0. The van der Waals surface area contributed by atoms with Crippen molar-refractivity contribution < 1.29 is 3.79 Å². The van der Waals surface area contributed by atoms with Crippen LogP contribution in [0.1, 0.15) is 0 Å². The fraction of sp³-hybridized carbons (Fsp3) is 0. The SMILES string of the molecule is c1c[n+]2sncc2cn1. The van der Waals surface area contributed by atoms with Crippen LogP contribution in [0, 0.1) is 0 Å². The zero-order valence-corrected chi connectivity index (χ0v) is 5.38. The van der Waals surface area contributed by atoms with Crippen molar-refractivity contribution >= 4 is 17.2 Å². The average Bonchev–Trinajstić information content (AvgIpc) is 2.33. The van der Waals surface area contributed by atoms with Crippen LogP contribution in [0.4, 0.5) is 0 Å². The van der Waals surface area contributed by atoms with Gasteiger partial charge in [0.1, 0.15) is 6.20 Å². The topological polar surface area (TPSA) is 29.9 Å². The third-order valence-electron chi connectivity index (χ3n) is 1.07. The monoisotopic (exact) mass is 138 g/mol. The maximum atomic E-state index is 3.97. The number of hydrogen-bond donors (Lipinski definition) is 0. The highest BCUT2D eigenvalue weighted by molar-refractivity contribution is 6.94. The first-order valence-corrected chi connectivity index (χ1v) is 3.26. The Morgan fingerprint density at radius 1 is 1.44 bits per heavy atom. The van der Waals surface area contributed by atoms with E-state index in [2.05, 4.69) is 9.36 Å². The molecule has 0 bridgehead atoms. The van der Waals surface area contributed by atoms with E-state index in [9.17, 15) is 0 Å². The highest BCUT2D eigenvalue weighted by atomic mass is 32.1. The highest BCUT2D eigenvalue weighted by Gasteiger charge is 1.99. The van der Waals surface area contributed by atoms with E-state index in [0.29, 0.717) is 0 Å². The summed E-state index contributed by atoms with van der Waals surface area (Å²) >= 11 is 1.41. The van der Waals surface area contributed by atoms with Gasteiger partial charge in [-0.2, -0.15) is 0 Å². The fourth-order valence-corrected chi connectivity index (χ4v) is 1.21. The van der Waals surface area contributed by atoms with Crippen LogP contribution in [0.15, 0.2) is 24.8 Å². The van der Waals surface area contributed by atoms with Crippen LogP contribution >= 0.6 is 11.7 Å². The molecule has 0 aromatic carbocycles. The van der Waals surface area contributed by atoms with Crippen LogP contribution in [0.5, 0.6) is 0 Å². The molecule has 0 saturated carbocycles. The zero-order valence-electron chi connectivity index (χ0n) is 4.56. The maximum absolute atomic E-state index is 3.97. The molecule has 0 unspecified atom stereocenters. The summed E-state index contributed by atoms with van der Waals surface area (Å²) in [4.78, 5) is 3.93. The molecule has 0 N–H and O–H groups in total.